The molecule has 152 valence electrons. The molecule has 0 atom stereocenters. The largest absolute Gasteiger partial charge is 0.505 e. The Labute approximate surface area is 175 Å². The number of benzene rings is 1. The fraction of sp³-hybridized carbons (Fsp3) is 0.273. The molecule has 0 unspecified atom stereocenters. The number of carbonyl (C=O) groups excluding carboxylic acids is 1. The van der Waals surface area contributed by atoms with Crippen LogP contribution in [-0.4, -0.2) is 24.8 Å². The average molecular weight is 404 g/mol. The van der Waals surface area contributed by atoms with Crippen LogP contribution in [0.4, 0.5) is 5.69 Å². The summed E-state index contributed by atoms with van der Waals surface area (Å²) >= 11 is 0. The number of nitriles is 1. The Bertz CT molecular complexity index is 1060. The van der Waals surface area contributed by atoms with Crippen molar-refractivity contribution in [2.75, 3.05) is 18.9 Å². The molecule has 0 amide bonds. The molecule has 1 aromatic rings. The van der Waals surface area contributed by atoms with E-state index < -0.39 is 11.6 Å². The smallest absolute Gasteiger partial charge is 0.344 e. The molecule has 0 fully saturated rings. The lowest BCUT2D eigenvalue weighted by Crippen LogP contribution is -2.20. The second kappa shape index (κ2) is 9.32. The zero-order valence-corrected chi connectivity index (χ0v) is 16.9. The van der Waals surface area contributed by atoms with E-state index in [4.69, 9.17) is 38.4 Å². The Kier molecular flexibility index (Phi) is 6.86. The molecule has 0 bridgehead atoms. The molecular weight excluding hydrogens is 384 g/mol. The first-order chi connectivity index (χ1) is 14.3. The van der Waals surface area contributed by atoms with Gasteiger partial charge in [-0.25, -0.2) is 19.7 Å². The van der Waals surface area contributed by atoms with Gasteiger partial charge >= 0.3 is 5.97 Å². The van der Waals surface area contributed by atoms with E-state index in [0.717, 1.165) is 0 Å². The monoisotopic (exact) mass is 404 g/mol. The van der Waals surface area contributed by atoms with Crippen molar-refractivity contribution in [2.24, 2.45) is 0 Å². The molecule has 2 N–H and O–H groups in total. The maximum Gasteiger partial charge on any atom is 0.344 e. The van der Waals surface area contributed by atoms with E-state index in [1.54, 1.807) is 57.2 Å². The zero-order chi connectivity index (χ0) is 22.3. The third-order valence-corrected chi connectivity index (χ3v) is 4.15. The number of nitrogen functional groups attached to an aromatic ring is 1. The Morgan fingerprint density at radius 1 is 1.37 bits per heavy atom. The normalized spacial score (nSPS) is 16.3. The Balaban J connectivity index is 2.37. The standard InChI is InChI=1S/C22H20N4O4/c1-6-28-19(27)13-29-18-11-14(8-10-16(18)24)7-9-15-20(26-5)21(17(12-23)25-4)30-22(15,2)3/h7-11H,6,13,24H2,1-3H3/b9-7+,21-17+. The van der Waals surface area contributed by atoms with Crippen LogP contribution in [0.15, 0.2) is 47.0 Å². The molecular formula is C22H20N4O4. The summed E-state index contributed by atoms with van der Waals surface area (Å²) in [5.41, 5.74) is 6.47. The number of esters is 1. The lowest BCUT2D eigenvalue weighted by Gasteiger charge is -2.22. The molecule has 0 aromatic heterocycles. The highest BCUT2D eigenvalue weighted by molar-refractivity contribution is 5.72. The fourth-order valence-corrected chi connectivity index (χ4v) is 2.74. The van der Waals surface area contributed by atoms with E-state index in [1.807, 2.05) is 0 Å². The predicted molar refractivity (Wildman–Crippen MR) is 110 cm³/mol. The average Bonchev–Trinajstić information content (AvgIpc) is 2.97. The van der Waals surface area contributed by atoms with E-state index in [-0.39, 0.29) is 30.4 Å². The number of allylic oxidation sites excluding steroid dienone is 1. The molecule has 1 aliphatic rings. The van der Waals surface area contributed by atoms with Crippen LogP contribution in [0.1, 0.15) is 26.3 Å². The Morgan fingerprint density at radius 2 is 2.10 bits per heavy atom. The lowest BCUT2D eigenvalue weighted by molar-refractivity contribution is -0.145. The van der Waals surface area contributed by atoms with Gasteiger partial charge in [0.15, 0.2) is 6.61 Å². The Hall–Kier alpha value is -4.22. The molecule has 1 aromatic carbocycles. The summed E-state index contributed by atoms with van der Waals surface area (Å²) in [5.74, 6) is -0.184. The van der Waals surface area contributed by atoms with Crippen LogP contribution in [0.2, 0.25) is 0 Å². The Morgan fingerprint density at radius 3 is 2.70 bits per heavy atom. The molecule has 2 rings (SSSR count). The summed E-state index contributed by atoms with van der Waals surface area (Å²) in [4.78, 5) is 18.1. The highest BCUT2D eigenvalue weighted by Crippen LogP contribution is 2.41. The van der Waals surface area contributed by atoms with Gasteiger partial charge in [-0.05, 0) is 38.5 Å². The molecule has 8 heteroatoms. The zero-order valence-electron chi connectivity index (χ0n) is 16.9. The summed E-state index contributed by atoms with van der Waals surface area (Å²) < 4.78 is 16.0. The van der Waals surface area contributed by atoms with Crippen molar-refractivity contribution in [3.8, 4) is 11.8 Å². The van der Waals surface area contributed by atoms with Crippen LogP contribution in [0.25, 0.3) is 15.8 Å². The van der Waals surface area contributed by atoms with E-state index in [0.29, 0.717) is 22.6 Å². The third kappa shape index (κ3) is 4.79. The van der Waals surface area contributed by atoms with Crippen LogP contribution in [0, 0.1) is 24.5 Å². The predicted octanol–water partition coefficient (Wildman–Crippen LogP) is 3.86. The van der Waals surface area contributed by atoms with Crippen molar-refractivity contribution in [2.45, 2.75) is 26.4 Å². The highest BCUT2D eigenvalue weighted by atomic mass is 16.6. The number of carbonyl (C=O) groups is 1. The van der Waals surface area contributed by atoms with Gasteiger partial charge in [0.05, 0.1) is 31.5 Å². The van der Waals surface area contributed by atoms with Gasteiger partial charge in [-0.2, -0.15) is 0 Å². The van der Waals surface area contributed by atoms with Crippen LogP contribution in [-0.2, 0) is 14.3 Å². The van der Waals surface area contributed by atoms with Crippen LogP contribution in [0.3, 0.4) is 0 Å². The first-order valence-electron chi connectivity index (χ1n) is 8.96. The number of hydrogen-bond donors (Lipinski definition) is 1. The minimum Gasteiger partial charge on any atom is -0.505 e. The van der Waals surface area contributed by atoms with E-state index >= 15 is 0 Å². The van der Waals surface area contributed by atoms with Gasteiger partial charge in [-0.15, -0.1) is 0 Å². The second-order valence-electron chi connectivity index (χ2n) is 6.61. The summed E-state index contributed by atoms with van der Waals surface area (Å²) in [6.07, 6.45) is 3.43. The minimum absolute atomic E-state index is 0.0112. The molecule has 0 spiro atoms. The van der Waals surface area contributed by atoms with Crippen LogP contribution in [0.5, 0.6) is 5.75 Å². The topological polar surface area (TPSA) is 103 Å². The maximum atomic E-state index is 11.5. The van der Waals surface area contributed by atoms with Crippen LogP contribution >= 0.6 is 0 Å². The van der Waals surface area contributed by atoms with Crippen molar-refractivity contribution < 1.29 is 19.0 Å². The molecule has 0 saturated heterocycles. The third-order valence-electron chi connectivity index (χ3n) is 4.15. The van der Waals surface area contributed by atoms with Crippen molar-refractivity contribution in [1.82, 2.24) is 0 Å². The summed E-state index contributed by atoms with van der Waals surface area (Å²) in [6, 6.07) is 6.81. The van der Waals surface area contributed by atoms with Gasteiger partial charge in [-0.3, -0.25) is 0 Å². The number of anilines is 1. The van der Waals surface area contributed by atoms with Gasteiger partial charge in [0.25, 0.3) is 5.70 Å². The number of rotatable bonds is 6. The van der Waals surface area contributed by atoms with E-state index in [1.165, 1.54) is 0 Å². The molecule has 8 nitrogen and oxygen atoms in total. The molecule has 0 saturated carbocycles. The van der Waals surface area contributed by atoms with Gasteiger partial charge in [0, 0.05) is 5.57 Å². The van der Waals surface area contributed by atoms with Gasteiger partial charge in [-0.1, -0.05) is 18.2 Å². The summed E-state index contributed by atoms with van der Waals surface area (Å²) in [5, 5.41) is 9.14. The van der Waals surface area contributed by atoms with Gasteiger partial charge in [0.1, 0.15) is 17.1 Å². The summed E-state index contributed by atoms with van der Waals surface area (Å²) in [7, 11) is 0. The highest BCUT2D eigenvalue weighted by Gasteiger charge is 2.38. The van der Waals surface area contributed by atoms with Crippen molar-refractivity contribution >= 4 is 17.7 Å². The number of nitrogens with two attached hydrogens (primary N) is 1. The van der Waals surface area contributed by atoms with E-state index in [9.17, 15) is 4.79 Å². The van der Waals surface area contributed by atoms with Gasteiger partial charge < -0.3 is 19.9 Å². The van der Waals surface area contributed by atoms with Gasteiger partial charge in [0.2, 0.25) is 5.70 Å². The van der Waals surface area contributed by atoms with E-state index in [2.05, 4.69) is 9.69 Å². The molecule has 30 heavy (non-hydrogen) atoms. The molecule has 1 aliphatic heterocycles. The lowest BCUT2D eigenvalue weighted by atomic mass is 9.96. The van der Waals surface area contributed by atoms with Crippen molar-refractivity contribution in [3.63, 3.8) is 0 Å². The second-order valence-corrected chi connectivity index (χ2v) is 6.61. The summed E-state index contributed by atoms with van der Waals surface area (Å²) in [6.45, 7) is 19.8. The number of ether oxygens (including phenoxy) is 3. The van der Waals surface area contributed by atoms with Crippen molar-refractivity contribution in [3.05, 3.63) is 75.4 Å². The fourth-order valence-electron chi connectivity index (χ4n) is 2.74. The number of nitrogens with zero attached hydrogens (tertiary/aromatic N) is 3. The maximum absolute atomic E-state index is 11.5. The van der Waals surface area contributed by atoms with Crippen LogP contribution < -0.4 is 10.5 Å². The molecule has 0 radical (unpaired) electrons. The quantitative estimate of drug-likeness (QED) is 0.334. The van der Waals surface area contributed by atoms with Crippen molar-refractivity contribution in [1.29, 1.82) is 5.26 Å². The SMILES string of the molecule is [C-]#[N+]C1=C(/C=C/c2ccc(N)c(OCC(=O)OCC)c2)C(C)(C)O/C1=C(\C#N)[N+]#[C-]. The minimum atomic E-state index is -0.893. The number of hydrogen-bond acceptors (Lipinski definition) is 6. The first kappa shape index (κ1) is 22.1. The molecule has 1 heterocycles. The first-order valence-corrected chi connectivity index (χ1v) is 8.96. The molecule has 0 aliphatic carbocycles.